The van der Waals surface area contributed by atoms with E-state index in [0.717, 1.165) is 33.9 Å². The first kappa shape index (κ1) is 31.5. The van der Waals surface area contributed by atoms with E-state index in [-0.39, 0.29) is 5.41 Å². The van der Waals surface area contributed by atoms with Gasteiger partial charge in [0.1, 0.15) is 0 Å². The van der Waals surface area contributed by atoms with Gasteiger partial charge >= 0.3 is 0 Å². The summed E-state index contributed by atoms with van der Waals surface area (Å²) >= 11 is 0. The van der Waals surface area contributed by atoms with E-state index in [1.807, 2.05) is 30.5 Å². The first-order valence-electron chi connectivity index (χ1n) is 19.0. The van der Waals surface area contributed by atoms with Gasteiger partial charge in [-0.15, -0.1) is 0 Å². The van der Waals surface area contributed by atoms with Crippen molar-refractivity contribution in [3.05, 3.63) is 187 Å². The number of fused-ring (bicyclic) bond motifs is 8. The third kappa shape index (κ3) is 4.73. The molecule has 0 aliphatic heterocycles. The summed E-state index contributed by atoms with van der Waals surface area (Å²) in [5.74, 6) is 0.722. The van der Waals surface area contributed by atoms with Crippen molar-refractivity contribution in [3.8, 4) is 56.2 Å². The van der Waals surface area contributed by atoms with E-state index < -0.39 is 0 Å². The molecule has 0 fully saturated rings. The first-order valence-corrected chi connectivity index (χ1v) is 19.0. The summed E-state index contributed by atoms with van der Waals surface area (Å²) in [7, 11) is 0. The van der Waals surface area contributed by atoms with Gasteiger partial charge in [0.05, 0.1) is 16.9 Å². The molecule has 1 aliphatic carbocycles. The zero-order valence-electron chi connectivity index (χ0n) is 30.6. The second-order valence-corrected chi connectivity index (χ2v) is 15.1. The average Bonchev–Trinajstić information content (AvgIpc) is 3.47. The topological polar surface area (TPSA) is 38.7 Å². The Bertz CT molecular complexity index is 3100. The highest BCUT2D eigenvalue weighted by Gasteiger charge is 2.39. The number of pyridine rings is 1. The Morgan fingerprint density at radius 1 is 0.436 bits per heavy atom. The highest BCUT2D eigenvalue weighted by Crippen LogP contribution is 2.54. The maximum Gasteiger partial charge on any atom is 0.159 e. The van der Waals surface area contributed by atoms with Crippen LogP contribution in [0.15, 0.2) is 176 Å². The fraction of sp³-hybridized carbons (Fsp3) is 0.0577. The van der Waals surface area contributed by atoms with Gasteiger partial charge in [-0.25, -0.2) is 15.0 Å². The van der Waals surface area contributed by atoms with Crippen molar-refractivity contribution >= 4 is 43.2 Å². The van der Waals surface area contributed by atoms with Gasteiger partial charge in [-0.05, 0) is 77.8 Å². The van der Waals surface area contributed by atoms with Gasteiger partial charge in [0.15, 0.2) is 5.82 Å². The molecule has 3 nitrogen and oxygen atoms in total. The number of hydrogen-bond acceptors (Lipinski definition) is 3. The minimum absolute atomic E-state index is 0.221. The molecular formula is C52H35N3. The van der Waals surface area contributed by atoms with Crippen molar-refractivity contribution in [1.29, 1.82) is 0 Å². The van der Waals surface area contributed by atoms with Crippen LogP contribution in [0.2, 0.25) is 0 Å². The van der Waals surface area contributed by atoms with Gasteiger partial charge in [0.25, 0.3) is 0 Å². The second kappa shape index (κ2) is 12.0. The van der Waals surface area contributed by atoms with E-state index in [4.69, 9.17) is 9.97 Å². The molecule has 258 valence electrons. The summed E-state index contributed by atoms with van der Waals surface area (Å²) in [6.45, 7) is 4.71. The number of benzene rings is 8. The van der Waals surface area contributed by atoms with E-state index in [2.05, 4.69) is 164 Å². The van der Waals surface area contributed by atoms with Crippen LogP contribution < -0.4 is 0 Å². The predicted octanol–water partition coefficient (Wildman–Crippen LogP) is 13.5. The van der Waals surface area contributed by atoms with Crippen molar-refractivity contribution in [2.75, 3.05) is 0 Å². The van der Waals surface area contributed by atoms with Gasteiger partial charge in [0.2, 0.25) is 0 Å². The van der Waals surface area contributed by atoms with E-state index in [0.29, 0.717) is 0 Å². The van der Waals surface area contributed by atoms with Gasteiger partial charge in [0, 0.05) is 33.7 Å². The van der Waals surface area contributed by atoms with Gasteiger partial charge in [-0.1, -0.05) is 172 Å². The fourth-order valence-electron chi connectivity index (χ4n) is 9.24. The number of nitrogens with zero attached hydrogens (tertiary/aromatic N) is 3. The monoisotopic (exact) mass is 701 g/mol. The molecular weight excluding hydrogens is 667 g/mol. The van der Waals surface area contributed by atoms with Crippen LogP contribution in [0.5, 0.6) is 0 Å². The standard InChI is InChI=1S/C52H35N3/c1-52(2)42-23-13-12-22-41(42)50-49(52)46(48-36-17-7-6-14-32(36)28-29-43(48)54-50)34-26-24-33(25-27-34)45-37-18-8-10-20-39(37)47(40-21-11-9-19-38(40)45)44-30-31-53-51(55-44)35-15-4-3-5-16-35/h3-31H,1-2H3. The quantitative estimate of drug-likeness (QED) is 0.135. The molecule has 0 radical (unpaired) electrons. The van der Waals surface area contributed by atoms with Crippen LogP contribution in [-0.2, 0) is 5.41 Å². The molecule has 0 unspecified atom stereocenters. The minimum Gasteiger partial charge on any atom is -0.247 e. The molecule has 1 aliphatic rings. The van der Waals surface area contributed by atoms with Crippen LogP contribution in [0.4, 0.5) is 0 Å². The molecule has 2 aromatic heterocycles. The van der Waals surface area contributed by atoms with E-state index >= 15 is 0 Å². The second-order valence-electron chi connectivity index (χ2n) is 15.1. The largest absolute Gasteiger partial charge is 0.247 e. The molecule has 0 amide bonds. The number of aromatic nitrogens is 3. The molecule has 11 rings (SSSR count). The highest BCUT2D eigenvalue weighted by atomic mass is 14.9. The molecule has 0 saturated carbocycles. The first-order chi connectivity index (χ1) is 27.1. The zero-order chi connectivity index (χ0) is 36.7. The van der Waals surface area contributed by atoms with E-state index in [1.54, 1.807) is 0 Å². The summed E-state index contributed by atoms with van der Waals surface area (Å²) in [4.78, 5) is 15.2. The van der Waals surface area contributed by atoms with Gasteiger partial charge in [-0.2, -0.15) is 0 Å². The Morgan fingerprint density at radius 2 is 1.02 bits per heavy atom. The molecule has 0 atom stereocenters. The van der Waals surface area contributed by atoms with Crippen molar-refractivity contribution in [1.82, 2.24) is 15.0 Å². The van der Waals surface area contributed by atoms with Crippen molar-refractivity contribution in [2.45, 2.75) is 19.3 Å². The van der Waals surface area contributed by atoms with Crippen LogP contribution >= 0.6 is 0 Å². The summed E-state index contributed by atoms with van der Waals surface area (Å²) in [6.07, 6.45) is 1.88. The maximum absolute atomic E-state index is 5.41. The smallest absolute Gasteiger partial charge is 0.159 e. The molecule has 3 heteroatoms. The Labute approximate surface area is 319 Å². The summed E-state index contributed by atoms with van der Waals surface area (Å²) < 4.78 is 0. The van der Waals surface area contributed by atoms with Crippen molar-refractivity contribution < 1.29 is 0 Å². The lowest BCUT2D eigenvalue weighted by Crippen LogP contribution is -2.16. The third-order valence-electron chi connectivity index (χ3n) is 11.7. The normalized spacial score (nSPS) is 13.1. The number of hydrogen-bond donors (Lipinski definition) is 0. The summed E-state index contributed by atoms with van der Waals surface area (Å²) in [6, 6.07) is 61.0. The van der Waals surface area contributed by atoms with Crippen molar-refractivity contribution in [2.24, 2.45) is 0 Å². The SMILES string of the molecule is CC1(C)c2ccccc2-c2nc3ccc4ccccc4c3c(-c3ccc(-c4c5ccccc5c(-c5ccnc(-c6ccccc6)n5)c5ccccc45)cc3)c21. The Balaban J connectivity index is 1.14. The third-order valence-corrected chi connectivity index (χ3v) is 11.7. The van der Waals surface area contributed by atoms with Gasteiger partial charge in [-0.3, -0.25) is 0 Å². The maximum atomic E-state index is 5.41. The molecule has 0 spiro atoms. The highest BCUT2D eigenvalue weighted by molar-refractivity contribution is 6.21. The van der Waals surface area contributed by atoms with Crippen LogP contribution in [0.3, 0.4) is 0 Å². The molecule has 0 saturated heterocycles. The zero-order valence-corrected chi connectivity index (χ0v) is 30.6. The Hall–Kier alpha value is -6.97. The predicted molar refractivity (Wildman–Crippen MR) is 229 cm³/mol. The summed E-state index contributed by atoms with van der Waals surface area (Å²) in [5, 5.41) is 8.40. The van der Waals surface area contributed by atoms with E-state index in [1.165, 1.54) is 76.6 Å². The minimum atomic E-state index is -0.221. The molecule has 8 aromatic carbocycles. The van der Waals surface area contributed by atoms with E-state index in [9.17, 15) is 0 Å². The van der Waals surface area contributed by atoms with Crippen LogP contribution in [0.1, 0.15) is 25.0 Å². The van der Waals surface area contributed by atoms with Crippen LogP contribution in [0.25, 0.3) is 99.4 Å². The van der Waals surface area contributed by atoms with Crippen molar-refractivity contribution in [3.63, 3.8) is 0 Å². The lowest BCUT2D eigenvalue weighted by Gasteiger charge is -2.26. The van der Waals surface area contributed by atoms with Crippen LogP contribution in [0, 0.1) is 0 Å². The van der Waals surface area contributed by atoms with Crippen LogP contribution in [-0.4, -0.2) is 15.0 Å². The van der Waals surface area contributed by atoms with Gasteiger partial charge < -0.3 is 0 Å². The number of rotatable bonds is 4. The molecule has 55 heavy (non-hydrogen) atoms. The Morgan fingerprint density at radius 3 is 1.73 bits per heavy atom. The molecule has 0 bridgehead atoms. The fourth-order valence-corrected chi connectivity index (χ4v) is 9.24. The Kier molecular flexibility index (Phi) is 6.90. The lowest BCUT2D eigenvalue weighted by atomic mass is 9.77. The lowest BCUT2D eigenvalue weighted by molar-refractivity contribution is 0.662. The molecule has 0 N–H and O–H groups in total. The molecule has 2 heterocycles. The molecule has 10 aromatic rings. The average molecular weight is 702 g/mol. The summed E-state index contributed by atoms with van der Waals surface area (Å²) in [5.41, 5.74) is 13.7.